The van der Waals surface area contributed by atoms with Crippen LogP contribution in [-0.4, -0.2) is 35.7 Å². The van der Waals surface area contributed by atoms with Crippen LogP contribution in [0.2, 0.25) is 0 Å². The molecule has 0 saturated heterocycles. The fourth-order valence-corrected chi connectivity index (χ4v) is 1.64. The lowest BCUT2D eigenvalue weighted by Crippen LogP contribution is -2.41. The lowest BCUT2D eigenvalue weighted by Gasteiger charge is -2.29. The molecule has 0 aromatic heterocycles. The van der Waals surface area contributed by atoms with Crippen LogP contribution in [-0.2, 0) is 9.53 Å². The van der Waals surface area contributed by atoms with Crippen LogP contribution in [0.15, 0.2) is 11.4 Å². The van der Waals surface area contributed by atoms with Crippen LogP contribution in [0.3, 0.4) is 0 Å². The van der Waals surface area contributed by atoms with Gasteiger partial charge in [0.05, 0.1) is 0 Å². The quantitative estimate of drug-likeness (QED) is 0.548. The predicted octanol–water partition coefficient (Wildman–Crippen LogP) is 1.92. The average Bonchev–Trinajstić information content (AvgIpc) is 2.42. The summed E-state index contributed by atoms with van der Waals surface area (Å²) < 4.78 is 5.18. The monoisotopic (exact) mass is 232 g/mol. The Bertz CT molecular complexity index is 268. The lowest BCUT2D eigenvalue weighted by molar-refractivity contribution is -0.164. The van der Waals surface area contributed by atoms with Crippen LogP contribution in [0.4, 0.5) is 0 Å². The Balaban J connectivity index is 2.61. The number of unbranched alkanes of at least 4 members (excludes halogenated alkanes) is 1. The first-order valence-corrected chi connectivity index (χ1v) is 5.47. The van der Waals surface area contributed by atoms with Crippen molar-refractivity contribution in [2.75, 3.05) is 13.6 Å². The molecule has 0 N–H and O–H groups in total. The van der Waals surface area contributed by atoms with Gasteiger partial charge in [-0.2, -0.15) is 0 Å². The third-order valence-electron chi connectivity index (χ3n) is 2.27. The van der Waals surface area contributed by atoms with Crippen molar-refractivity contribution < 1.29 is 9.53 Å². The largest absolute Gasteiger partial charge is 0.423 e. The molecule has 1 unspecified atom stereocenters. The normalized spacial score (nSPS) is 20.5. The molecular formula is C10H17ClN2O2. The van der Waals surface area contributed by atoms with Gasteiger partial charge in [0.25, 0.3) is 6.35 Å². The van der Waals surface area contributed by atoms with E-state index in [4.69, 9.17) is 16.3 Å². The molecule has 1 heterocycles. The van der Waals surface area contributed by atoms with E-state index in [1.165, 1.54) is 6.92 Å². The number of rotatable bonds is 4. The van der Waals surface area contributed by atoms with Crippen molar-refractivity contribution in [2.24, 2.45) is 0 Å². The third kappa shape index (κ3) is 3.02. The first kappa shape index (κ1) is 12.2. The van der Waals surface area contributed by atoms with Gasteiger partial charge >= 0.3 is 5.97 Å². The predicted molar refractivity (Wildman–Crippen MR) is 58.9 cm³/mol. The molecule has 86 valence electrons. The Labute approximate surface area is 95.4 Å². The van der Waals surface area contributed by atoms with Crippen LogP contribution in [0, 0.1) is 0 Å². The summed E-state index contributed by atoms with van der Waals surface area (Å²) in [6.45, 7) is 4.36. The summed E-state index contributed by atoms with van der Waals surface area (Å²) in [6.07, 6.45) is 3.57. The minimum absolute atomic E-state index is 0.298. The molecule has 0 fully saturated rings. The summed E-state index contributed by atoms with van der Waals surface area (Å²) in [5, 5.41) is 0.595. The topological polar surface area (TPSA) is 32.8 Å². The van der Waals surface area contributed by atoms with Crippen molar-refractivity contribution in [3.8, 4) is 0 Å². The van der Waals surface area contributed by atoms with Crippen LogP contribution in [0.1, 0.15) is 26.7 Å². The van der Waals surface area contributed by atoms with Gasteiger partial charge in [-0.15, -0.1) is 0 Å². The third-order valence-corrected chi connectivity index (χ3v) is 2.63. The summed E-state index contributed by atoms with van der Waals surface area (Å²) in [4.78, 5) is 14.6. The number of nitrogens with zero attached hydrogens (tertiary/aromatic N) is 2. The lowest BCUT2D eigenvalue weighted by atomic mass is 10.3. The smallest absolute Gasteiger partial charge is 0.305 e. The van der Waals surface area contributed by atoms with E-state index in [0.717, 1.165) is 19.4 Å². The van der Waals surface area contributed by atoms with Gasteiger partial charge in [0.1, 0.15) is 5.16 Å². The molecule has 0 aromatic rings. The number of halogens is 1. The highest BCUT2D eigenvalue weighted by molar-refractivity contribution is 6.29. The van der Waals surface area contributed by atoms with Gasteiger partial charge in [-0.3, -0.25) is 4.79 Å². The fraction of sp³-hybridized carbons (Fsp3) is 0.700. The molecule has 1 aliphatic heterocycles. The number of hydrogen-bond donors (Lipinski definition) is 0. The Hall–Kier alpha value is -0.900. The van der Waals surface area contributed by atoms with Gasteiger partial charge in [-0.25, -0.2) is 0 Å². The Morgan fingerprint density at radius 1 is 1.67 bits per heavy atom. The molecule has 4 nitrogen and oxygen atoms in total. The van der Waals surface area contributed by atoms with Crippen LogP contribution >= 0.6 is 11.6 Å². The first-order chi connectivity index (χ1) is 7.06. The maximum absolute atomic E-state index is 10.9. The maximum Gasteiger partial charge on any atom is 0.305 e. The highest BCUT2D eigenvalue weighted by atomic mass is 35.5. The number of carbonyl (C=O) groups is 1. The molecular weight excluding hydrogens is 216 g/mol. The van der Waals surface area contributed by atoms with E-state index in [9.17, 15) is 4.79 Å². The number of ether oxygens (including phenoxy) is 1. The highest BCUT2D eigenvalue weighted by Gasteiger charge is 2.30. The molecule has 5 heteroatoms. The van der Waals surface area contributed by atoms with Crippen molar-refractivity contribution in [3.05, 3.63) is 11.4 Å². The second-order valence-electron chi connectivity index (χ2n) is 3.59. The molecule has 0 radical (unpaired) electrons. The van der Waals surface area contributed by atoms with Gasteiger partial charge < -0.3 is 14.5 Å². The molecule has 0 amide bonds. The van der Waals surface area contributed by atoms with Crippen molar-refractivity contribution in [1.82, 2.24) is 9.80 Å². The summed E-state index contributed by atoms with van der Waals surface area (Å²) >= 11 is 5.97. The zero-order valence-electron chi connectivity index (χ0n) is 9.36. The second-order valence-corrected chi connectivity index (χ2v) is 3.98. The minimum Gasteiger partial charge on any atom is -0.423 e. The highest BCUT2D eigenvalue weighted by Crippen LogP contribution is 2.24. The fourth-order valence-electron chi connectivity index (χ4n) is 1.43. The summed E-state index contributed by atoms with van der Waals surface area (Å²) in [7, 11) is 1.80. The zero-order valence-corrected chi connectivity index (χ0v) is 10.1. The second kappa shape index (κ2) is 5.26. The van der Waals surface area contributed by atoms with Crippen LogP contribution in [0.25, 0.3) is 0 Å². The van der Waals surface area contributed by atoms with Gasteiger partial charge in [0.15, 0.2) is 0 Å². The Morgan fingerprint density at radius 3 is 2.87 bits per heavy atom. The summed E-state index contributed by atoms with van der Waals surface area (Å²) in [5.41, 5.74) is 0. The molecule has 1 rings (SSSR count). The zero-order chi connectivity index (χ0) is 11.4. The van der Waals surface area contributed by atoms with Crippen molar-refractivity contribution in [2.45, 2.75) is 33.0 Å². The number of hydrogen-bond acceptors (Lipinski definition) is 4. The minimum atomic E-state index is -0.387. The van der Waals surface area contributed by atoms with Crippen LogP contribution in [0.5, 0.6) is 0 Å². The Morgan fingerprint density at radius 2 is 2.33 bits per heavy atom. The van der Waals surface area contributed by atoms with Crippen LogP contribution < -0.4 is 0 Å². The van der Waals surface area contributed by atoms with Crippen molar-refractivity contribution in [1.29, 1.82) is 0 Å². The van der Waals surface area contributed by atoms with Crippen molar-refractivity contribution in [3.63, 3.8) is 0 Å². The molecule has 0 aromatic carbocycles. The molecule has 0 spiro atoms. The van der Waals surface area contributed by atoms with E-state index < -0.39 is 0 Å². The molecule has 1 aliphatic rings. The maximum atomic E-state index is 10.9. The van der Waals surface area contributed by atoms with E-state index in [2.05, 4.69) is 6.92 Å². The van der Waals surface area contributed by atoms with E-state index in [1.54, 1.807) is 11.9 Å². The Kier molecular flexibility index (Phi) is 4.27. The average molecular weight is 233 g/mol. The van der Waals surface area contributed by atoms with Gasteiger partial charge in [0, 0.05) is 26.7 Å². The molecule has 0 bridgehead atoms. The molecule has 0 saturated carbocycles. The first-order valence-electron chi connectivity index (χ1n) is 5.09. The molecule has 15 heavy (non-hydrogen) atoms. The summed E-state index contributed by atoms with van der Waals surface area (Å²) in [5.74, 6) is -0.298. The van der Waals surface area contributed by atoms with E-state index >= 15 is 0 Å². The standard InChI is InChI=1S/C10H17ClN2O2/c1-4-5-6-13-7-9(11)12(3)10(13)15-8(2)14/h7,10H,4-6H2,1-3H3. The number of carbonyl (C=O) groups excluding carboxylic acids is 1. The van der Waals surface area contributed by atoms with Gasteiger partial charge in [0.2, 0.25) is 0 Å². The van der Waals surface area contributed by atoms with Gasteiger partial charge in [-0.05, 0) is 6.42 Å². The summed E-state index contributed by atoms with van der Waals surface area (Å²) in [6, 6.07) is 0. The van der Waals surface area contributed by atoms with E-state index in [0.29, 0.717) is 5.16 Å². The van der Waals surface area contributed by atoms with E-state index in [-0.39, 0.29) is 12.3 Å². The van der Waals surface area contributed by atoms with Crippen molar-refractivity contribution >= 4 is 17.6 Å². The molecule has 1 atom stereocenters. The SMILES string of the molecule is CCCCN1C=C(Cl)N(C)C1OC(C)=O. The van der Waals surface area contributed by atoms with Gasteiger partial charge in [-0.1, -0.05) is 24.9 Å². The van der Waals surface area contributed by atoms with E-state index in [1.807, 2.05) is 11.1 Å². The molecule has 0 aliphatic carbocycles. The number of esters is 1.